The zero-order valence-corrected chi connectivity index (χ0v) is 13.2. The van der Waals surface area contributed by atoms with Gasteiger partial charge >= 0.3 is 0 Å². The molecule has 2 N–H and O–H groups in total. The Labute approximate surface area is 117 Å². The van der Waals surface area contributed by atoms with E-state index in [9.17, 15) is 5.11 Å². The molecule has 0 aromatic carbocycles. The van der Waals surface area contributed by atoms with Gasteiger partial charge in [0.15, 0.2) is 0 Å². The molecule has 4 heteroatoms. The molecule has 4 nitrogen and oxygen atoms in total. The smallest absolute Gasteiger partial charge is 0.0641 e. The molecule has 1 heterocycles. The number of aliphatic hydroxyl groups is 1. The third kappa shape index (κ3) is 5.33. The van der Waals surface area contributed by atoms with E-state index in [-0.39, 0.29) is 0 Å². The average Bonchev–Trinajstić information content (AvgIpc) is 2.52. The van der Waals surface area contributed by atoms with Crippen molar-refractivity contribution in [1.82, 2.24) is 15.1 Å². The summed E-state index contributed by atoms with van der Waals surface area (Å²) in [5.41, 5.74) is 2.95. The van der Waals surface area contributed by atoms with Gasteiger partial charge in [-0.15, -0.1) is 0 Å². The SMILES string of the molecule is Cc1nn(CCC(C)(C)O)c(C)c1CNCC(C)C. The maximum Gasteiger partial charge on any atom is 0.0641 e. The van der Waals surface area contributed by atoms with Crippen LogP contribution >= 0.6 is 0 Å². The monoisotopic (exact) mass is 267 g/mol. The van der Waals surface area contributed by atoms with Gasteiger partial charge in [0.05, 0.1) is 11.3 Å². The molecule has 0 aliphatic heterocycles. The second-order valence-electron chi connectivity index (χ2n) is 6.46. The van der Waals surface area contributed by atoms with E-state index in [2.05, 4.69) is 38.1 Å². The van der Waals surface area contributed by atoms with Gasteiger partial charge in [-0.05, 0) is 46.6 Å². The van der Waals surface area contributed by atoms with E-state index in [4.69, 9.17) is 0 Å². The molecule has 19 heavy (non-hydrogen) atoms. The van der Waals surface area contributed by atoms with Gasteiger partial charge < -0.3 is 10.4 Å². The molecule has 1 aromatic heterocycles. The van der Waals surface area contributed by atoms with Crippen LogP contribution in [-0.4, -0.2) is 27.0 Å². The largest absolute Gasteiger partial charge is 0.390 e. The van der Waals surface area contributed by atoms with Crippen LogP contribution in [0.25, 0.3) is 0 Å². The van der Waals surface area contributed by atoms with Gasteiger partial charge in [0.25, 0.3) is 0 Å². The third-order valence-corrected chi connectivity index (χ3v) is 3.32. The molecular formula is C15H29N3O. The summed E-state index contributed by atoms with van der Waals surface area (Å²) >= 11 is 0. The van der Waals surface area contributed by atoms with Crippen LogP contribution in [0.1, 0.15) is 51.1 Å². The number of rotatable bonds is 7. The Balaban J connectivity index is 2.66. The topological polar surface area (TPSA) is 50.1 Å². The summed E-state index contributed by atoms with van der Waals surface area (Å²) in [4.78, 5) is 0. The first-order valence-electron chi connectivity index (χ1n) is 7.16. The Morgan fingerprint density at radius 1 is 1.32 bits per heavy atom. The minimum Gasteiger partial charge on any atom is -0.390 e. The van der Waals surface area contributed by atoms with Crippen LogP contribution in [0.4, 0.5) is 0 Å². The first-order valence-corrected chi connectivity index (χ1v) is 7.16. The highest BCUT2D eigenvalue weighted by atomic mass is 16.3. The van der Waals surface area contributed by atoms with Gasteiger partial charge in [-0.1, -0.05) is 13.8 Å². The number of hydrogen-bond acceptors (Lipinski definition) is 3. The Bertz CT molecular complexity index is 402. The molecule has 0 bridgehead atoms. The van der Waals surface area contributed by atoms with Crippen LogP contribution in [0, 0.1) is 19.8 Å². The van der Waals surface area contributed by atoms with Gasteiger partial charge in [0.2, 0.25) is 0 Å². The Kier molecular flexibility index (Phi) is 5.56. The molecule has 0 fully saturated rings. The van der Waals surface area contributed by atoms with E-state index in [0.29, 0.717) is 12.3 Å². The van der Waals surface area contributed by atoms with E-state index in [1.807, 2.05) is 18.5 Å². The highest BCUT2D eigenvalue weighted by Gasteiger charge is 2.16. The molecule has 0 aliphatic rings. The second-order valence-corrected chi connectivity index (χ2v) is 6.46. The van der Waals surface area contributed by atoms with E-state index in [1.54, 1.807) is 0 Å². The maximum absolute atomic E-state index is 9.79. The molecule has 0 saturated heterocycles. The van der Waals surface area contributed by atoms with Crippen molar-refractivity contribution in [3.8, 4) is 0 Å². The lowest BCUT2D eigenvalue weighted by Crippen LogP contribution is -2.22. The summed E-state index contributed by atoms with van der Waals surface area (Å²) in [6, 6.07) is 0. The normalized spacial score (nSPS) is 12.4. The van der Waals surface area contributed by atoms with Gasteiger partial charge in [-0.3, -0.25) is 4.68 Å². The van der Waals surface area contributed by atoms with Crippen LogP contribution in [0.3, 0.4) is 0 Å². The molecule has 0 unspecified atom stereocenters. The highest BCUT2D eigenvalue weighted by molar-refractivity contribution is 5.24. The summed E-state index contributed by atoms with van der Waals surface area (Å²) in [5, 5.41) is 17.8. The van der Waals surface area contributed by atoms with Crippen LogP contribution in [0.5, 0.6) is 0 Å². The predicted octanol–water partition coefficient (Wildman–Crippen LogP) is 2.41. The van der Waals surface area contributed by atoms with Crippen LogP contribution < -0.4 is 5.32 Å². The molecular weight excluding hydrogens is 238 g/mol. The first kappa shape index (κ1) is 16.2. The van der Waals surface area contributed by atoms with Gasteiger partial charge in [-0.25, -0.2) is 0 Å². The quantitative estimate of drug-likeness (QED) is 0.797. The van der Waals surface area contributed by atoms with E-state index in [1.165, 1.54) is 11.3 Å². The Hall–Kier alpha value is -0.870. The maximum atomic E-state index is 9.79. The summed E-state index contributed by atoms with van der Waals surface area (Å²) in [7, 11) is 0. The molecule has 1 rings (SSSR count). The highest BCUT2D eigenvalue weighted by Crippen LogP contribution is 2.16. The number of hydrogen-bond donors (Lipinski definition) is 2. The van der Waals surface area contributed by atoms with Gasteiger partial charge in [0.1, 0.15) is 0 Å². The van der Waals surface area contributed by atoms with Crippen LogP contribution in [0.15, 0.2) is 0 Å². The molecule has 0 saturated carbocycles. The molecule has 0 atom stereocenters. The van der Waals surface area contributed by atoms with E-state index < -0.39 is 5.60 Å². The van der Waals surface area contributed by atoms with Crippen molar-refractivity contribution in [1.29, 1.82) is 0 Å². The Morgan fingerprint density at radius 2 is 1.95 bits per heavy atom. The second kappa shape index (κ2) is 6.53. The Morgan fingerprint density at radius 3 is 2.47 bits per heavy atom. The summed E-state index contributed by atoms with van der Waals surface area (Å²) in [6.45, 7) is 14.9. The van der Waals surface area contributed by atoms with E-state index >= 15 is 0 Å². The molecule has 0 aliphatic carbocycles. The number of aryl methyl sites for hydroxylation is 2. The fourth-order valence-corrected chi connectivity index (χ4v) is 2.07. The zero-order valence-electron chi connectivity index (χ0n) is 13.2. The average molecular weight is 267 g/mol. The van der Waals surface area contributed by atoms with Gasteiger partial charge in [-0.2, -0.15) is 5.10 Å². The van der Waals surface area contributed by atoms with Crippen molar-refractivity contribution in [2.45, 2.75) is 66.7 Å². The lowest BCUT2D eigenvalue weighted by Gasteiger charge is -2.17. The lowest BCUT2D eigenvalue weighted by atomic mass is 10.1. The molecule has 1 aromatic rings. The number of nitrogens with zero attached hydrogens (tertiary/aromatic N) is 2. The zero-order chi connectivity index (χ0) is 14.6. The van der Waals surface area contributed by atoms with Gasteiger partial charge in [0, 0.05) is 24.3 Å². The summed E-state index contributed by atoms with van der Waals surface area (Å²) in [5.74, 6) is 0.658. The number of aromatic nitrogens is 2. The summed E-state index contributed by atoms with van der Waals surface area (Å²) in [6.07, 6.45) is 0.716. The minimum absolute atomic E-state index is 0.637. The van der Waals surface area contributed by atoms with Crippen molar-refractivity contribution in [2.24, 2.45) is 5.92 Å². The fourth-order valence-electron chi connectivity index (χ4n) is 2.07. The predicted molar refractivity (Wildman–Crippen MR) is 79.2 cm³/mol. The molecule has 0 radical (unpaired) electrons. The molecule has 0 amide bonds. The van der Waals surface area contributed by atoms with Crippen molar-refractivity contribution in [3.63, 3.8) is 0 Å². The van der Waals surface area contributed by atoms with Crippen molar-refractivity contribution < 1.29 is 5.11 Å². The number of nitrogens with one attached hydrogen (secondary N) is 1. The third-order valence-electron chi connectivity index (χ3n) is 3.32. The fraction of sp³-hybridized carbons (Fsp3) is 0.800. The van der Waals surface area contributed by atoms with Crippen LogP contribution in [0.2, 0.25) is 0 Å². The standard InChI is InChI=1S/C15H29N3O/c1-11(2)9-16-10-14-12(3)17-18(13(14)4)8-7-15(5,6)19/h11,16,19H,7-10H2,1-6H3. The minimum atomic E-state index is -0.637. The molecule has 0 spiro atoms. The lowest BCUT2D eigenvalue weighted by molar-refractivity contribution is 0.0649. The summed E-state index contributed by atoms with van der Waals surface area (Å²) < 4.78 is 2.01. The van der Waals surface area contributed by atoms with Crippen molar-refractivity contribution in [2.75, 3.05) is 6.54 Å². The van der Waals surface area contributed by atoms with E-state index in [0.717, 1.165) is 25.3 Å². The van der Waals surface area contributed by atoms with Crippen LogP contribution in [-0.2, 0) is 13.1 Å². The molecule has 110 valence electrons. The first-order chi connectivity index (χ1) is 8.70. The van der Waals surface area contributed by atoms with Crippen molar-refractivity contribution >= 4 is 0 Å². The van der Waals surface area contributed by atoms with Crippen molar-refractivity contribution in [3.05, 3.63) is 17.0 Å².